The molecule has 1 aliphatic rings. The molecule has 1 saturated heterocycles. The number of amides is 2. The van der Waals surface area contributed by atoms with Gasteiger partial charge in [-0.3, -0.25) is 14.6 Å². The molecule has 10 heteroatoms. The zero-order valence-electron chi connectivity index (χ0n) is 22.8. The molecule has 0 bridgehead atoms. The molecule has 208 valence electrons. The first kappa shape index (κ1) is 28.1. The lowest BCUT2D eigenvalue weighted by atomic mass is 9.98. The SMILES string of the molecule is COc1cc2c(Oc3ccc(NC(=O)C(=O)NCC(C)C)cc3F)ccnc2cc1OCC1CCN(C)CC1. The topological polar surface area (TPSA) is 102 Å². The van der Waals surface area contributed by atoms with Gasteiger partial charge in [-0.2, -0.15) is 0 Å². The number of piperidine rings is 1. The highest BCUT2D eigenvalue weighted by molar-refractivity contribution is 6.39. The van der Waals surface area contributed by atoms with Crippen LogP contribution in [0.4, 0.5) is 10.1 Å². The number of nitrogens with one attached hydrogen (secondary N) is 2. The van der Waals surface area contributed by atoms with E-state index in [1.165, 1.54) is 12.1 Å². The molecular formula is C29H35FN4O5. The molecule has 2 amide bonds. The minimum absolute atomic E-state index is 0.0497. The molecule has 2 heterocycles. The number of halogens is 1. The molecule has 0 saturated carbocycles. The molecule has 2 N–H and O–H groups in total. The number of hydrogen-bond acceptors (Lipinski definition) is 7. The minimum Gasteiger partial charge on any atom is -0.493 e. The third kappa shape index (κ3) is 7.35. The number of carbonyl (C=O) groups is 2. The Labute approximate surface area is 227 Å². The second-order valence-electron chi connectivity index (χ2n) is 10.2. The third-order valence-corrected chi connectivity index (χ3v) is 6.59. The highest BCUT2D eigenvalue weighted by Crippen LogP contribution is 2.38. The van der Waals surface area contributed by atoms with Crippen molar-refractivity contribution in [2.45, 2.75) is 26.7 Å². The molecule has 0 aliphatic carbocycles. The van der Waals surface area contributed by atoms with Crippen molar-refractivity contribution in [1.29, 1.82) is 0 Å². The van der Waals surface area contributed by atoms with Crippen molar-refractivity contribution in [2.75, 3.05) is 45.7 Å². The lowest BCUT2D eigenvalue weighted by molar-refractivity contribution is -0.136. The number of likely N-dealkylation sites (tertiary alicyclic amines) is 1. The van der Waals surface area contributed by atoms with Gasteiger partial charge in [0.2, 0.25) is 0 Å². The van der Waals surface area contributed by atoms with Crippen molar-refractivity contribution in [3.05, 3.63) is 48.4 Å². The van der Waals surface area contributed by atoms with Gasteiger partial charge in [0.15, 0.2) is 23.1 Å². The Morgan fingerprint density at radius 1 is 1.05 bits per heavy atom. The summed E-state index contributed by atoms with van der Waals surface area (Å²) in [7, 11) is 3.69. The Kier molecular flexibility index (Phi) is 9.19. The normalized spacial score (nSPS) is 14.3. The fourth-order valence-corrected chi connectivity index (χ4v) is 4.27. The Bertz CT molecular complexity index is 1320. The zero-order chi connectivity index (χ0) is 27.9. The molecule has 0 atom stereocenters. The molecule has 1 fully saturated rings. The highest BCUT2D eigenvalue weighted by Gasteiger charge is 2.20. The molecule has 0 unspecified atom stereocenters. The molecule has 0 spiro atoms. The van der Waals surface area contributed by atoms with Crippen molar-refractivity contribution in [3.8, 4) is 23.0 Å². The summed E-state index contributed by atoms with van der Waals surface area (Å²) < 4.78 is 32.5. The predicted molar refractivity (Wildman–Crippen MR) is 147 cm³/mol. The number of benzene rings is 2. The maximum Gasteiger partial charge on any atom is 0.313 e. The predicted octanol–water partition coefficient (Wildman–Crippen LogP) is 4.61. The van der Waals surface area contributed by atoms with Crippen molar-refractivity contribution < 1.29 is 28.2 Å². The Morgan fingerprint density at radius 2 is 1.82 bits per heavy atom. The van der Waals surface area contributed by atoms with E-state index in [2.05, 4.69) is 27.6 Å². The van der Waals surface area contributed by atoms with Gasteiger partial charge in [0.25, 0.3) is 0 Å². The van der Waals surface area contributed by atoms with Crippen LogP contribution in [-0.4, -0.2) is 62.1 Å². The number of hydrogen-bond donors (Lipinski definition) is 2. The van der Waals surface area contributed by atoms with E-state index >= 15 is 0 Å². The van der Waals surface area contributed by atoms with Crippen molar-refractivity contribution in [1.82, 2.24) is 15.2 Å². The molecular weight excluding hydrogens is 503 g/mol. The molecule has 1 aliphatic heterocycles. The van der Waals surface area contributed by atoms with Gasteiger partial charge in [-0.15, -0.1) is 0 Å². The van der Waals surface area contributed by atoms with E-state index in [9.17, 15) is 14.0 Å². The van der Waals surface area contributed by atoms with E-state index in [4.69, 9.17) is 14.2 Å². The quantitative estimate of drug-likeness (QED) is 0.384. The number of nitrogens with zero attached hydrogens (tertiary/aromatic N) is 2. The number of pyridine rings is 1. The average molecular weight is 539 g/mol. The smallest absolute Gasteiger partial charge is 0.313 e. The summed E-state index contributed by atoms with van der Waals surface area (Å²) in [6.07, 6.45) is 3.75. The van der Waals surface area contributed by atoms with Crippen molar-refractivity contribution in [2.24, 2.45) is 11.8 Å². The van der Waals surface area contributed by atoms with Crippen LogP contribution in [0.1, 0.15) is 26.7 Å². The Hall–Kier alpha value is -3.92. The lowest BCUT2D eigenvalue weighted by Gasteiger charge is -2.28. The number of rotatable bonds is 9. The highest BCUT2D eigenvalue weighted by atomic mass is 19.1. The van der Waals surface area contributed by atoms with E-state index in [-0.39, 0.29) is 17.4 Å². The number of ether oxygens (including phenoxy) is 3. The van der Waals surface area contributed by atoms with Crippen LogP contribution < -0.4 is 24.8 Å². The maximum absolute atomic E-state index is 14.9. The number of aromatic nitrogens is 1. The molecule has 2 aromatic carbocycles. The molecule has 4 rings (SSSR count). The Balaban J connectivity index is 1.47. The Morgan fingerprint density at radius 3 is 2.51 bits per heavy atom. The van der Waals surface area contributed by atoms with E-state index in [1.54, 1.807) is 31.5 Å². The fraction of sp³-hybridized carbons (Fsp3) is 0.414. The van der Waals surface area contributed by atoms with Crippen LogP contribution >= 0.6 is 0 Å². The minimum atomic E-state index is -0.871. The molecule has 1 aromatic heterocycles. The van der Waals surface area contributed by atoms with Crippen LogP contribution in [0, 0.1) is 17.7 Å². The van der Waals surface area contributed by atoms with Gasteiger partial charge < -0.3 is 29.7 Å². The van der Waals surface area contributed by atoms with Crippen LogP contribution in [0.2, 0.25) is 0 Å². The summed E-state index contributed by atoms with van der Waals surface area (Å²) in [5.41, 5.74) is 0.751. The van der Waals surface area contributed by atoms with E-state index in [1.807, 2.05) is 13.8 Å². The summed E-state index contributed by atoms with van der Waals surface area (Å²) in [6.45, 7) is 6.91. The maximum atomic E-state index is 14.9. The van der Waals surface area contributed by atoms with Crippen LogP contribution in [0.15, 0.2) is 42.6 Å². The van der Waals surface area contributed by atoms with Gasteiger partial charge in [-0.25, -0.2) is 4.39 Å². The van der Waals surface area contributed by atoms with Crippen molar-refractivity contribution in [3.63, 3.8) is 0 Å². The van der Waals surface area contributed by atoms with Crippen LogP contribution in [0.5, 0.6) is 23.0 Å². The van der Waals surface area contributed by atoms with E-state index in [0.29, 0.717) is 47.2 Å². The van der Waals surface area contributed by atoms with E-state index < -0.39 is 17.6 Å². The molecule has 9 nitrogen and oxygen atoms in total. The summed E-state index contributed by atoms with van der Waals surface area (Å²) in [5.74, 6) is -0.223. The summed E-state index contributed by atoms with van der Waals surface area (Å²) in [5, 5.41) is 5.54. The third-order valence-electron chi connectivity index (χ3n) is 6.59. The van der Waals surface area contributed by atoms with Crippen LogP contribution in [-0.2, 0) is 9.59 Å². The number of fused-ring (bicyclic) bond motifs is 1. The lowest BCUT2D eigenvalue weighted by Crippen LogP contribution is -2.37. The standard InChI is InChI=1S/C29H35FN4O5/c1-18(2)16-32-28(35)29(36)33-20-5-6-25(22(30)13-20)39-24-7-10-31-23-15-27(26(37-4)14-21(23)24)38-17-19-8-11-34(3)12-9-19/h5-7,10,13-15,18-19H,8-9,11-12,16-17H2,1-4H3,(H,32,35)(H,33,36). The van der Waals surface area contributed by atoms with Crippen molar-refractivity contribution >= 4 is 28.4 Å². The van der Waals surface area contributed by atoms with E-state index in [0.717, 1.165) is 32.0 Å². The van der Waals surface area contributed by atoms with Gasteiger partial charge in [0.1, 0.15) is 5.75 Å². The first-order valence-corrected chi connectivity index (χ1v) is 13.1. The van der Waals surface area contributed by atoms with Gasteiger partial charge in [0.05, 0.1) is 19.2 Å². The van der Waals surface area contributed by atoms with Gasteiger partial charge in [0, 0.05) is 35.9 Å². The van der Waals surface area contributed by atoms with Crippen LogP contribution in [0.3, 0.4) is 0 Å². The van der Waals surface area contributed by atoms with Gasteiger partial charge in [-0.05, 0) is 69.1 Å². The zero-order valence-corrected chi connectivity index (χ0v) is 22.8. The number of methoxy groups -OCH3 is 1. The first-order chi connectivity index (χ1) is 18.7. The molecule has 3 aromatic rings. The summed E-state index contributed by atoms with van der Waals surface area (Å²) in [4.78, 5) is 30.8. The van der Waals surface area contributed by atoms with Gasteiger partial charge in [-0.1, -0.05) is 13.8 Å². The fourth-order valence-electron chi connectivity index (χ4n) is 4.27. The second-order valence-corrected chi connectivity index (χ2v) is 10.2. The average Bonchev–Trinajstić information content (AvgIpc) is 2.92. The summed E-state index contributed by atoms with van der Waals surface area (Å²) in [6, 6.07) is 9.15. The molecule has 39 heavy (non-hydrogen) atoms. The van der Waals surface area contributed by atoms with Gasteiger partial charge >= 0.3 is 11.8 Å². The second kappa shape index (κ2) is 12.8. The molecule has 0 radical (unpaired) electrons. The largest absolute Gasteiger partial charge is 0.493 e. The number of anilines is 1. The van der Waals surface area contributed by atoms with Crippen LogP contribution in [0.25, 0.3) is 10.9 Å². The summed E-state index contributed by atoms with van der Waals surface area (Å²) >= 11 is 0. The monoisotopic (exact) mass is 538 g/mol. The number of carbonyl (C=O) groups excluding carboxylic acids is 2. The first-order valence-electron chi connectivity index (χ1n) is 13.1.